The number of hydrogen-bond donors (Lipinski definition) is 1. The zero-order valence-corrected chi connectivity index (χ0v) is 21.7. The molecule has 0 heterocycles. The number of hydrogen-bond acceptors (Lipinski definition) is 1. The molecule has 0 aromatic heterocycles. The van der Waals surface area contributed by atoms with Crippen LogP contribution >= 0.6 is 0 Å². The minimum absolute atomic E-state index is 0.0163. The Hall–Kier alpha value is -4.62. The van der Waals surface area contributed by atoms with Crippen LogP contribution < -0.4 is 5.32 Å². The molecule has 1 N–H and O–H groups in total. The molecule has 6 aromatic rings. The van der Waals surface area contributed by atoms with Gasteiger partial charge in [0.15, 0.2) is 0 Å². The summed E-state index contributed by atoms with van der Waals surface area (Å²) in [5.41, 5.74) is 12.7. The second kappa shape index (κ2) is 8.75. The van der Waals surface area contributed by atoms with E-state index in [4.69, 9.17) is 0 Å². The van der Waals surface area contributed by atoms with Gasteiger partial charge in [-0.3, -0.25) is 0 Å². The lowest BCUT2D eigenvalue weighted by Crippen LogP contribution is -2.14. The van der Waals surface area contributed by atoms with E-state index < -0.39 is 0 Å². The number of anilines is 2. The van der Waals surface area contributed by atoms with Crippen molar-refractivity contribution in [2.45, 2.75) is 19.3 Å². The fraction of sp³-hybridized carbons (Fsp3) is 0.0811. The summed E-state index contributed by atoms with van der Waals surface area (Å²) in [4.78, 5) is 0. The first-order valence-electron chi connectivity index (χ1n) is 13.3. The Morgan fingerprint density at radius 2 is 0.947 bits per heavy atom. The van der Waals surface area contributed by atoms with Gasteiger partial charge in [-0.1, -0.05) is 111 Å². The van der Waals surface area contributed by atoms with E-state index in [2.05, 4.69) is 153 Å². The minimum Gasteiger partial charge on any atom is -0.356 e. The quantitative estimate of drug-likeness (QED) is 0.261. The molecule has 1 aliphatic carbocycles. The average Bonchev–Trinajstić information content (AvgIpc) is 3.20. The van der Waals surface area contributed by atoms with Gasteiger partial charge in [0.25, 0.3) is 0 Å². The Balaban J connectivity index is 1.10. The Kier molecular flexibility index (Phi) is 5.19. The van der Waals surface area contributed by atoms with Gasteiger partial charge in [0.1, 0.15) is 0 Å². The molecule has 0 unspecified atom stereocenters. The van der Waals surface area contributed by atoms with Gasteiger partial charge in [0.2, 0.25) is 0 Å². The normalized spacial score (nSPS) is 13.2. The fourth-order valence-corrected chi connectivity index (χ4v) is 5.91. The SMILES string of the molecule is CC1(C)c2ccccc2-c2ccc(-c3ccc(Nc4ccc(-c5ccc6ccccc6c5)cc4)cc3)cc21. The van der Waals surface area contributed by atoms with E-state index in [1.54, 1.807) is 0 Å². The van der Waals surface area contributed by atoms with Crippen LogP contribution in [0.4, 0.5) is 11.4 Å². The van der Waals surface area contributed by atoms with Crippen molar-refractivity contribution >= 4 is 22.1 Å². The average molecular weight is 488 g/mol. The number of nitrogens with one attached hydrogen (secondary N) is 1. The molecule has 0 spiro atoms. The predicted molar refractivity (Wildman–Crippen MR) is 162 cm³/mol. The van der Waals surface area contributed by atoms with Crippen LogP contribution in [0.15, 0.2) is 133 Å². The number of fused-ring (bicyclic) bond motifs is 4. The highest BCUT2D eigenvalue weighted by molar-refractivity contribution is 5.87. The van der Waals surface area contributed by atoms with Crippen LogP contribution in [-0.2, 0) is 5.41 Å². The monoisotopic (exact) mass is 487 g/mol. The summed E-state index contributed by atoms with van der Waals surface area (Å²) in [7, 11) is 0. The highest BCUT2D eigenvalue weighted by Crippen LogP contribution is 2.49. The Morgan fingerprint density at radius 3 is 1.66 bits per heavy atom. The Bertz CT molecular complexity index is 1790. The van der Waals surface area contributed by atoms with Crippen molar-refractivity contribution in [3.05, 3.63) is 145 Å². The van der Waals surface area contributed by atoms with Gasteiger partial charge in [-0.15, -0.1) is 0 Å². The fourth-order valence-electron chi connectivity index (χ4n) is 5.91. The first-order valence-corrected chi connectivity index (χ1v) is 13.3. The zero-order chi connectivity index (χ0) is 25.7. The van der Waals surface area contributed by atoms with E-state index in [-0.39, 0.29) is 5.41 Å². The van der Waals surface area contributed by atoms with Gasteiger partial charge in [0, 0.05) is 16.8 Å². The molecule has 1 nitrogen and oxygen atoms in total. The summed E-state index contributed by atoms with van der Waals surface area (Å²) in [6.07, 6.45) is 0. The molecular formula is C37H29N. The topological polar surface area (TPSA) is 12.0 Å². The molecule has 0 bridgehead atoms. The van der Waals surface area contributed by atoms with Crippen LogP contribution in [0.1, 0.15) is 25.0 Å². The van der Waals surface area contributed by atoms with Crippen molar-refractivity contribution in [3.8, 4) is 33.4 Å². The van der Waals surface area contributed by atoms with Crippen LogP contribution in [0.25, 0.3) is 44.2 Å². The highest BCUT2D eigenvalue weighted by atomic mass is 14.9. The standard InChI is InChI=1S/C37H29N/c1-37(2)35-10-6-5-9-33(35)34-22-17-30(24-36(34)37)27-15-20-32(21-16-27)38-31-18-13-26(14-19-31)29-12-11-25-7-3-4-8-28(25)23-29/h3-24,38H,1-2H3. The largest absolute Gasteiger partial charge is 0.356 e. The summed E-state index contributed by atoms with van der Waals surface area (Å²) in [6.45, 7) is 4.67. The van der Waals surface area contributed by atoms with Crippen LogP contribution in [0.5, 0.6) is 0 Å². The third-order valence-electron chi connectivity index (χ3n) is 8.06. The van der Waals surface area contributed by atoms with Gasteiger partial charge < -0.3 is 5.32 Å². The summed E-state index contributed by atoms with van der Waals surface area (Å²) in [6, 6.07) is 48.3. The predicted octanol–water partition coefficient (Wildman–Crippen LogP) is 10.2. The Morgan fingerprint density at radius 1 is 0.421 bits per heavy atom. The summed E-state index contributed by atoms with van der Waals surface area (Å²) in [5, 5.41) is 6.09. The second-order valence-electron chi connectivity index (χ2n) is 10.8. The lowest BCUT2D eigenvalue weighted by molar-refractivity contribution is 0.660. The van der Waals surface area contributed by atoms with E-state index in [9.17, 15) is 0 Å². The number of rotatable bonds is 4. The van der Waals surface area contributed by atoms with Crippen LogP contribution in [0.3, 0.4) is 0 Å². The maximum absolute atomic E-state index is 3.56. The smallest absolute Gasteiger partial charge is 0.0384 e. The van der Waals surface area contributed by atoms with Gasteiger partial charge in [-0.05, 0) is 91.7 Å². The third kappa shape index (κ3) is 3.79. The van der Waals surface area contributed by atoms with Crippen molar-refractivity contribution < 1.29 is 0 Å². The second-order valence-corrected chi connectivity index (χ2v) is 10.8. The van der Waals surface area contributed by atoms with Crippen molar-refractivity contribution in [2.75, 3.05) is 5.32 Å². The summed E-state index contributed by atoms with van der Waals surface area (Å²) < 4.78 is 0. The molecular weight excluding hydrogens is 458 g/mol. The highest BCUT2D eigenvalue weighted by Gasteiger charge is 2.35. The van der Waals surface area contributed by atoms with Crippen LogP contribution in [-0.4, -0.2) is 0 Å². The minimum atomic E-state index is 0.0163. The molecule has 6 aromatic carbocycles. The van der Waals surface area contributed by atoms with Crippen molar-refractivity contribution in [1.82, 2.24) is 0 Å². The number of benzene rings is 6. The maximum atomic E-state index is 3.56. The van der Waals surface area contributed by atoms with Crippen molar-refractivity contribution in [2.24, 2.45) is 0 Å². The summed E-state index contributed by atoms with van der Waals surface area (Å²) in [5.74, 6) is 0. The first-order chi connectivity index (χ1) is 18.6. The van der Waals surface area contributed by atoms with Crippen molar-refractivity contribution in [3.63, 3.8) is 0 Å². The molecule has 0 amide bonds. The van der Waals surface area contributed by atoms with Gasteiger partial charge in [-0.25, -0.2) is 0 Å². The van der Waals surface area contributed by atoms with E-state index in [1.165, 1.54) is 55.3 Å². The molecule has 182 valence electrons. The molecule has 0 fully saturated rings. The molecule has 1 heteroatoms. The molecule has 0 atom stereocenters. The van der Waals surface area contributed by atoms with Gasteiger partial charge >= 0.3 is 0 Å². The Labute approximate surface area is 224 Å². The lowest BCUT2D eigenvalue weighted by Gasteiger charge is -2.22. The molecule has 1 aliphatic rings. The van der Waals surface area contributed by atoms with Crippen LogP contribution in [0, 0.1) is 0 Å². The van der Waals surface area contributed by atoms with E-state index in [0.29, 0.717) is 0 Å². The molecule has 0 saturated carbocycles. The summed E-state index contributed by atoms with van der Waals surface area (Å²) >= 11 is 0. The van der Waals surface area contributed by atoms with Crippen LogP contribution in [0.2, 0.25) is 0 Å². The molecule has 0 saturated heterocycles. The molecule has 0 radical (unpaired) electrons. The third-order valence-corrected chi connectivity index (χ3v) is 8.06. The van der Waals surface area contributed by atoms with E-state index in [1.807, 2.05) is 0 Å². The van der Waals surface area contributed by atoms with E-state index in [0.717, 1.165) is 11.4 Å². The molecule has 38 heavy (non-hydrogen) atoms. The first kappa shape index (κ1) is 22.6. The maximum Gasteiger partial charge on any atom is 0.0384 e. The van der Waals surface area contributed by atoms with Gasteiger partial charge in [-0.2, -0.15) is 0 Å². The lowest BCUT2D eigenvalue weighted by atomic mass is 9.81. The van der Waals surface area contributed by atoms with E-state index >= 15 is 0 Å². The molecule has 7 rings (SSSR count). The van der Waals surface area contributed by atoms with Crippen molar-refractivity contribution in [1.29, 1.82) is 0 Å². The zero-order valence-electron chi connectivity index (χ0n) is 21.7. The van der Waals surface area contributed by atoms with Gasteiger partial charge in [0.05, 0.1) is 0 Å². The molecule has 0 aliphatic heterocycles.